The minimum Gasteiger partial charge on any atom is -0.325 e. The normalized spacial score (nSPS) is 12.2. The highest BCUT2D eigenvalue weighted by Gasteiger charge is 2.30. The summed E-state index contributed by atoms with van der Waals surface area (Å²) in [5.74, 6) is -0.787. The summed E-state index contributed by atoms with van der Waals surface area (Å²) in [4.78, 5) is 12.2. The van der Waals surface area contributed by atoms with Crippen LogP contribution in [0.4, 0.5) is 18.9 Å². The minimum absolute atomic E-state index is 0.0946. The Bertz CT molecular complexity index is 982. The van der Waals surface area contributed by atoms with Crippen molar-refractivity contribution < 1.29 is 26.4 Å². The minimum atomic E-state index is -4.56. The van der Waals surface area contributed by atoms with Gasteiger partial charge >= 0.3 is 6.18 Å². The van der Waals surface area contributed by atoms with Crippen molar-refractivity contribution in [2.24, 2.45) is 0 Å². The van der Waals surface area contributed by atoms with E-state index in [9.17, 15) is 26.4 Å². The highest BCUT2D eigenvalue weighted by Crippen LogP contribution is 2.30. The molecule has 0 unspecified atom stereocenters. The zero-order valence-corrected chi connectivity index (χ0v) is 16.8. The Morgan fingerprint density at radius 3 is 2.36 bits per heavy atom. The van der Waals surface area contributed by atoms with Crippen LogP contribution in [0.2, 0.25) is 10.0 Å². The number of sulfonamides is 1. The van der Waals surface area contributed by atoms with Crippen LogP contribution in [0.3, 0.4) is 0 Å². The molecular formula is C17H15Cl2F3N2O3S. The number of nitrogens with zero attached hydrogens (tertiary/aromatic N) is 1. The molecule has 2 aromatic rings. The van der Waals surface area contributed by atoms with Crippen molar-refractivity contribution in [1.29, 1.82) is 0 Å². The van der Waals surface area contributed by atoms with Crippen LogP contribution in [0.1, 0.15) is 11.1 Å². The summed E-state index contributed by atoms with van der Waals surface area (Å²) < 4.78 is 63.1. The maximum Gasteiger partial charge on any atom is 0.416 e. The van der Waals surface area contributed by atoms with Crippen molar-refractivity contribution in [2.75, 3.05) is 18.1 Å². The van der Waals surface area contributed by atoms with E-state index in [4.69, 9.17) is 23.2 Å². The lowest BCUT2D eigenvalue weighted by Crippen LogP contribution is -2.36. The number of halogens is 5. The third kappa shape index (κ3) is 6.37. The highest BCUT2D eigenvalue weighted by atomic mass is 35.5. The Balaban J connectivity index is 2.14. The summed E-state index contributed by atoms with van der Waals surface area (Å²) in [6, 6.07) is 8.55. The van der Waals surface area contributed by atoms with Gasteiger partial charge in [-0.15, -0.1) is 0 Å². The van der Waals surface area contributed by atoms with E-state index in [-0.39, 0.29) is 17.3 Å². The van der Waals surface area contributed by atoms with Crippen molar-refractivity contribution in [2.45, 2.75) is 12.7 Å². The molecule has 2 aromatic carbocycles. The van der Waals surface area contributed by atoms with Gasteiger partial charge in [0.25, 0.3) is 0 Å². The lowest BCUT2D eigenvalue weighted by Gasteiger charge is -2.20. The molecule has 1 amide bonds. The first kappa shape index (κ1) is 22.5. The van der Waals surface area contributed by atoms with Crippen LogP contribution in [0, 0.1) is 0 Å². The lowest BCUT2D eigenvalue weighted by atomic mass is 10.2. The van der Waals surface area contributed by atoms with Gasteiger partial charge in [0.15, 0.2) is 0 Å². The van der Waals surface area contributed by atoms with Gasteiger partial charge in [0.1, 0.15) is 0 Å². The number of carbonyl (C=O) groups is 1. The number of amides is 1. The number of hydrogen-bond donors (Lipinski definition) is 1. The maximum atomic E-state index is 12.8. The molecule has 1 N–H and O–H groups in total. The fourth-order valence-corrected chi connectivity index (χ4v) is 3.32. The second-order valence-electron chi connectivity index (χ2n) is 5.91. The number of benzene rings is 2. The fourth-order valence-electron chi connectivity index (χ4n) is 2.27. The Kier molecular flexibility index (Phi) is 6.97. The van der Waals surface area contributed by atoms with E-state index in [1.807, 2.05) is 0 Å². The molecule has 0 aliphatic heterocycles. The van der Waals surface area contributed by atoms with E-state index >= 15 is 0 Å². The number of alkyl halides is 3. The molecule has 0 saturated carbocycles. The topological polar surface area (TPSA) is 66.5 Å². The average Bonchev–Trinajstić information content (AvgIpc) is 2.56. The Morgan fingerprint density at radius 1 is 1.11 bits per heavy atom. The second kappa shape index (κ2) is 8.69. The number of nitrogens with one attached hydrogen (secondary N) is 1. The van der Waals surface area contributed by atoms with Gasteiger partial charge in [-0.25, -0.2) is 8.42 Å². The van der Waals surface area contributed by atoms with Crippen LogP contribution >= 0.6 is 23.2 Å². The van der Waals surface area contributed by atoms with Gasteiger partial charge in [-0.1, -0.05) is 35.3 Å². The first-order valence-electron chi connectivity index (χ1n) is 7.72. The molecule has 0 aromatic heterocycles. The Hall–Kier alpha value is -1.81. The zero-order chi connectivity index (χ0) is 21.1. The summed E-state index contributed by atoms with van der Waals surface area (Å²) in [5, 5.41) is 2.78. The Morgan fingerprint density at radius 2 is 1.79 bits per heavy atom. The molecule has 2 rings (SSSR count). The molecule has 11 heteroatoms. The molecule has 0 heterocycles. The predicted octanol–water partition coefficient (Wildman–Crippen LogP) is 4.41. The molecule has 0 bridgehead atoms. The predicted molar refractivity (Wildman–Crippen MR) is 102 cm³/mol. The molecule has 152 valence electrons. The number of carbonyl (C=O) groups excluding carboxylic acids is 1. The van der Waals surface area contributed by atoms with Crippen LogP contribution < -0.4 is 5.32 Å². The molecule has 0 atom stereocenters. The molecule has 0 radical (unpaired) electrons. The van der Waals surface area contributed by atoms with Gasteiger partial charge in [0.05, 0.1) is 28.4 Å². The van der Waals surface area contributed by atoms with Gasteiger partial charge < -0.3 is 5.32 Å². The van der Waals surface area contributed by atoms with E-state index in [0.29, 0.717) is 10.6 Å². The van der Waals surface area contributed by atoms with Crippen molar-refractivity contribution >= 4 is 44.8 Å². The number of hydrogen-bond acceptors (Lipinski definition) is 3. The molecule has 0 aliphatic carbocycles. The molecule has 28 heavy (non-hydrogen) atoms. The van der Waals surface area contributed by atoms with Crippen LogP contribution in [0.25, 0.3) is 0 Å². The van der Waals surface area contributed by atoms with E-state index in [0.717, 1.165) is 28.8 Å². The smallest absolute Gasteiger partial charge is 0.325 e. The maximum absolute atomic E-state index is 12.8. The third-order valence-corrected chi connectivity index (χ3v) is 5.54. The monoisotopic (exact) mass is 454 g/mol. The summed E-state index contributed by atoms with van der Waals surface area (Å²) in [5.41, 5.74) is -0.532. The third-order valence-electron chi connectivity index (χ3n) is 3.61. The quantitative estimate of drug-likeness (QED) is 0.702. The van der Waals surface area contributed by atoms with Crippen molar-refractivity contribution in [3.63, 3.8) is 0 Å². The standard InChI is InChI=1S/C17H15Cl2F3N2O3S/c1-28(26,27)24(9-11-5-6-14(18)15(19)7-11)10-16(25)23-13-4-2-3-12(8-13)17(20,21)22/h2-8H,9-10H2,1H3,(H,23,25). The second-order valence-corrected chi connectivity index (χ2v) is 8.70. The molecular weight excluding hydrogens is 440 g/mol. The average molecular weight is 455 g/mol. The zero-order valence-electron chi connectivity index (χ0n) is 14.4. The molecule has 0 spiro atoms. The van der Waals surface area contributed by atoms with E-state index in [2.05, 4.69) is 5.32 Å². The van der Waals surface area contributed by atoms with Gasteiger partial charge in [0, 0.05) is 12.2 Å². The van der Waals surface area contributed by atoms with Gasteiger partial charge in [0.2, 0.25) is 15.9 Å². The highest BCUT2D eigenvalue weighted by molar-refractivity contribution is 7.88. The van der Waals surface area contributed by atoms with Crippen molar-refractivity contribution in [3.05, 3.63) is 63.6 Å². The van der Waals surface area contributed by atoms with Crippen LogP contribution in [-0.4, -0.2) is 31.4 Å². The summed E-state index contributed by atoms with van der Waals surface area (Å²) in [7, 11) is -3.79. The Labute approximate surface area is 170 Å². The summed E-state index contributed by atoms with van der Waals surface area (Å²) >= 11 is 11.7. The van der Waals surface area contributed by atoms with Gasteiger partial charge in [-0.2, -0.15) is 17.5 Å². The molecule has 0 saturated heterocycles. The SMILES string of the molecule is CS(=O)(=O)N(CC(=O)Nc1cccc(C(F)(F)F)c1)Cc1ccc(Cl)c(Cl)c1. The largest absolute Gasteiger partial charge is 0.416 e. The summed E-state index contributed by atoms with van der Waals surface area (Å²) in [6.45, 7) is -0.749. The molecule has 0 fully saturated rings. The van der Waals surface area contributed by atoms with E-state index < -0.39 is 34.2 Å². The molecule has 5 nitrogen and oxygen atoms in total. The lowest BCUT2D eigenvalue weighted by molar-refractivity contribution is -0.137. The first-order chi connectivity index (χ1) is 12.9. The van der Waals surface area contributed by atoms with E-state index in [1.54, 1.807) is 6.07 Å². The van der Waals surface area contributed by atoms with Gasteiger partial charge in [-0.05, 0) is 35.9 Å². The van der Waals surface area contributed by atoms with Crippen molar-refractivity contribution in [1.82, 2.24) is 4.31 Å². The number of rotatable bonds is 6. The van der Waals surface area contributed by atoms with Crippen LogP contribution in [0.15, 0.2) is 42.5 Å². The first-order valence-corrected chi connectivity index (χ1v) is 10.3. The van der Waals surface area contributed by atoms with Crippen LogP contribution in [0.5, 0.6) is 0 Å². The van der Waals surface area contributed by atoms with E-state index in [1.165, 1.54) is 18.2 Å². The number of anilines is 1. The van der Waals surface area contributed by atoms with Gasteiger partial charge in [-0.3, -0.25) is 4.79 Å². The molecule has 0 aliphatic rings. The fraction of sp³-hybridized carbons (Fsp3) is 0.235. The van der Waals surface area contributed by atoms with Crippen molar-refractivity contribution in [3.8, 4) is 0 Å². The summed E-state index contributed by atoms with van der Waals surface area (Å²) in [6.07, 6.45) is -3.64. The van der Waals surface area contributed by atoms with Crippen LogP contribution in [-0.2, 0) is 27.5 Å².